The number of amides is 3. The van der Waals surface area contributed by atoms with Crippen molar-refractivity contribution in [3.05, 3.63) is 58.7 Å². The number of hydrogen-bond donors (Lipinski definition) is 3. The van der Waals surface area contributed by atoms with E-state index in [0.29, 0.717) is 28.5 Å². The fraction of sp³-hybridized carbons (Fsp3) is 0.333. The van der Waals surface area contributed by atoms with Gasteiger partial charge in [-0.25, -0.2) is 0 Å². The lowest BCUT2D eigenvalue weighted by Gasteiger charge is -2.34. The number of amidine groups is 1. The van der Waals surface area contributed by atoms with Gasteiger partial charge in [0.15, 0.2) is 12.2 Å². The first-order valence-electron chi connectivity index (χ1n) is 11.4. The predicted octanol–water partition coefficient (Wildman–Crippen LogP) is 1.15. The normalized spacial score (nSPS) is 20.0. The minimum Gasteiger partial charge on any atom is -0.383 e. The molecule has 1 fully saturated rings. The Bertz CT molecular complexity index is 1330. The number of aliphatic imine (C=N–C) groups is 1. The highest BCUT2D eigenvalue weighted by Gasteiger charge is 2.41. The van der Waals surface area contributed by atoms with Crippen molar-refractivity contribution in [1.82, 2.24) is 4.90 Å². The van der Waals surface area contributed by atoms with Crippen LogP contribution in [0.3, 0.4) is 0 Å². The summed E-state index contributed by atoms with van der Waals surface area (Å²) in [4.78, 5) is 44.4. The highest BCUT2D eigenvalue weighted by atomic mass is 19.4. The van der Waals surface area contributed by atoms with Crippen molar-refractivity contribution in [1.29, 1.82) is 0 Å². The third-order valence-corrected chi connectivity index (χ3v) is 6.40. The van der Waals surface area contributed by atoms with Crippen LogP contribution in [0.5, 0.6) is 0 Å². The summed E-state index contributed by atoms with van der Waals surface area (Å²) in [6.07, 6.45) is -7.90. The van der Waals surface area contributed by atoms with E-state index < -0.39 is 42.7 Å². The molecule has 3 aliphatic rings. The number of benzene rings is 2. The fourth-order valence-corrected chi connectivity index (χ4v) is 4.61. The van der Waals surface area contributed by atoms with Gasteiger partial charge in [0.2, 0.25) is 0 Å². The molecule has 2 aromatic rings. The molecular formula is C24H22F3N5O5. The van der Waals surface area contributed by atoms with Crippen molar-refractivity contribution in [2.24, 2.45) is 10.7 Å². The molecule has 5 rings (SSSR count). The number of halogens is 3. The van der Waals surface area contributed by atoms with E-state index in [4.69, 9.17) is 10.5 Å². The van der Waals surface area contributed by atoms with Crippen LogP contribution < -0.4 is 16.0 Å². The number of ether oxygens (including phenoxy) is 1. The zero-order valence-corrected chi connectivity index (χ0v) is 19.3. The van der Waals surface area contributed by atoms with Crippen molar-refractivity contribution < 1.29 is 37.4 Å². The summed E-state index contributed by atoms with van der Waals surface area (Å²) >= 11 is 0. The number of alkyl halides is 3. The number of anilines is 2. The molecule has 3 aliphatic heterocycles. The standard InChI is InChI=1S/C24H22F3N5O5/c25-24(26,27)11-31-10-12-1-3-15(8-17(12)22(31)35)32-5-6-37-19(23(32)36)18(33)21(34)30-14-2-4-16-13(7-14)9-29-20(16)28/h1-4,7-8,18-19,33H,5-6,9-11H2,(H2,28,29)(H,30,34). The Labute approximate surface area is 208 Å². The maximum atomic E-state index is 13.1. The first-order chi connectivity index (χ1) is 17.5. The van der Waals surface area contributed by atoms with Crippen LogP contribution >= 0.6 is 0 Å². The molecule has 37 heavy (non-hydrogen) atoms. The first kappa shape index (κ1) is 24.7. The lowest BCUT2D eigenvalue weighted by Crippen LogP contribution is -2.55. The number of morpholine rings is 1. The number of fused-ring (bicyclic) bond motifs is 2. The molecular weight excluding hydrogens is 495 g/mol. The van der Waals surface area contributed by atoms with Gasteiger partial charge in [-0.05, 0) is 41.5 Å². The van der Waals surface area contributed by atoms with Gasteiger partial charge >= 0.3 is 6.18 Å². The lowest BCUT2D eigenvalue weighted by molar-refractivity contribution is -0.150. The van der Waals surface area contributed by atoms with Gasteiger partial charge in [-0.3, -0.25) is 19.4 Å². The summed E-state index contributed by atoms with van der Waals surface area (Å²) in [7, 11) is 0. The van der Waals surface area contributed by atoms with Crippen LogP contribution in [0.2, 0.25) is 0 Å². The number of aliphatic hydroxyl groups is 1. The van der Waals surface area contributed by atoms with Crippen LogP contribution in [-0.4, -0.2) is 71.6 Å². The molecule has 10 nitrogen and oxygen atoms in total. The summed E-state index contributed by atoms with van der Waals surface area (Å²) in [5, 5.41) is 13.2. The van der Waals surface area contributed by atoms with Gasteiger partial charge < -0.3 is 30.7 Å². The topological polar surface area (TPSA) is 138 Å². The van der Waals surface area contributed by atoms with Crippen LogP contribution in [-0.2, 0) is 27.4 Å². The predicted molar refractivity (Wildman–Crippen MR) is 125 cm³/mol. The molecule has 1 saturated heterocycles. The second-order valence-electron chi connectivity index (χ2n) is 8.91. The number of rotatable bonds is 5. The number of nitrogens with one attached hydrogen (secondary N) is 1. The molecule has 0 aromatic heterocycles. The van der Waals surface area contributed by atoms with Gasteiger partial charge in [0.1, 0.15) is 12.4 Å². The van der Waals surface area contributed by atoms with E-state index in [2.05, 4.69) is 10.3 Å². The van der Waals surface area contributed by atoms with Crippen molar-refractivity contribution in [2.45, 2.75) is 31.5 Å². The van der Waals surface area contributed by atoms with Crippen LogP contribution in [0, 0.1) is 0 Å². The van der Waals surface area contributed by atoms with Gasteiger partial charge in [-0.2, -0.15) is 13.2 Å². The summed E-state index contributed by atoms with van der Waals surface area (Å²) in [5.74, 6) is -1.97. The van der Waals surface area contributed by atoms with E-state index in [1.54, 1.807) is 18.2 Å². The maximum absolute atomic E-state index is 13.1. The molecule has 2 unspecified atom stereocenters. The number of carbonyl (C=O) groups is 3. The minimum absolute atomic E-state index is 0.0125. The average Bonchev–Trinajstić information content (AvgIpc) is 3.36. The van der Waals surface area contributed by atoms with Crippen molar-refractivity contribution in [3.8, 4) is 0 Å². The first-order valence-corrected chi connectivity index (χ1v) is 11.4. The molecule has 0 aliphatic carbocycles. The van der Waals surface area contributed by atoms with Crippen LogP contribution in [0.15, 0.2) is 41.4 Å². The Morgan fingerprint density at radius 2 is 1.97 bits per heavy atom. The van der Waals surface area contributed by atoms with E-state index >= 15 is 0 Å². The van der Waals surface area contributed by atoms with Crippen molar-refractivity contribution >= 4 is 34.9 Å². The molecule has 0 bridgehead atoms. The van der Waals surface area contributed by atoms with Gasteiger partial charge in [0.05, 0.1) is 13.2 Å². The largest absolute Gasteiger partial charge is 0.406 e. The molecule has 0 radical (unpaired) electrons. The molecule has 2 atom stereocenters. The minimum atomic E-state index is -4.54. The third kappa shape index (κ3) is 4.74. The Kier molecular flexibility index (Phi) is 6.12. The van der Waals surface area contributed by atoms with Crippen LogP contribution in [0.25, 0.3) is 0 Å². The average molecular weight is 517 g/mol. The molecule has 0 spiro atoms. The molecule has 194 valence electrons. The number of nitrogens with two attached hydrogens (primary N) is 1. The van der Waals surface area contributed by atoms with E-state index in [1.165, 1.54) is 23.1 Å². The third-order valence-electron chi connectivity index (χ3n) is 6.40. The quantitative estimate of drug-likeness (QED) is 0.544. The fourth-order valence-electron chi connectivity index (χ4n) is 4.61. The number of nitrogens with zero attached hydrogens (tertiary/aromatic N) is 3. The summed E-state index contributed by atoms with van der Waals surface area (Å²) < 4.78 is 43.8. The summed E-state index contributed by atoms with van der Waals surface area (Å²) in [6, 6.07) is 9.30. The summed E-state index contributed by atoms with van der Waals surface area (Å²) in [5.41, 5.74) is 8.47. The second-order valence-corrected chi connectivity index (χ2v) is 8.91. The van der Waals surface area contributed by atoms with Crippen LogP contribution in [0.4, 0.5) is 24.5 Å². The van der Waals surface area contributed by atoms with Crippen molar-refractivity contribution in [3.63, 3.8) is 0 Å². The molecule has 4 N–H and O–H groups in total. The second kappa shape index (κ2) is 9.16. The van der Waals surface area contributed by atoms with Gasteiger partial charge in [0.25, 0.3) is 17.7 Å². The zero-order valence-electron chi connectivity index (χ0n) is 19.3. The maximum Gasteiger partial charge on any atom is 0.406 e. The molecule has 3 heterocycles. The van der Waals surface area contributed by atoms with E-state index in [-0.39, 0.29) is 30.9 Å². The summed E-state index contributed by atoms with van der Waals surface area (Å²) in [6.45, 7) is -1.14. The smallest absolute Gasteiger partial charge is 0.383 e. The van der Waals surface area contributed by atoms with E-state index in [0.717, 1.165) is 11.1 Å². The monoisotopic (exact) mass is 517 g/mol. The van der Waals surface area contributed by atoms with Crippen LogP contribution in [0.1, 0.15) is 27.0 Å². The Balaban J connectivity index is 1.28. The Morgan fingerprint density at radius 1 is 1.19 bits per heavy atom. The zero-order chi connectivity index (χ0) is 26.5. The number of carbonyl (C=O) groups excluding carboxylic acids is 3. The number of hydrogen-bond acceptors (Lipinski definition) is 7. The molecule has 2 aromatic carbocycles. The SMILES string of the molecule is NC1=NCc2cc(NC(=O)C(O)C3OCCN(c4ccc5c(c4)C(=O)N(CC(F)(F)F)C5)C3=O)ccc21. The van der Waals surface area contributed by atoms with Gasteiger partial charge in [0, 0.05) is 35.6 Å². The van der Waals surface area contributed by atoms with Gasteiger partial charge in [-0.15, -0.1) is 0 Å². The van der Waals surface area contributed by atoms with Crippen molar-refractivity contribution in [2.75, 3.05) is 29.9 Å². The highest BCUT2D eigenvalue weighted by molar-refractivity contribution is 6.06. The lowest BCUT2D eigenvalue weighted by atomic mass is 10.1. The Morgan fingerprint density at radius 3 is 2.73 bits per heavy atom. The highest BCUT2D eigenvalue weighted by Crippen LogP contribution is 2.31. The van der Waals surface area contributed by atoms with Gasteiger partial charge in [-0.1, -0.05) is 6.07 Å². The van der Waals surface area contributed by atoms with E-state index in [1.807, 2.05) is 0 Å². The van der Waals surface area contributed by atoms with E-state index in [9.17, 15) is 32.7 Å². The number of aliphatic hydroxyl groups excluding tert-OH is 1. The molecule has 3 amide bonds. The molecule has 13 heteroatoms. The Hall–Kier alpha value is -3.97. The molecule has 0 saturated carbocycles.